The van der Waals surface area contributed by atoms with Crippen molar-refractivity contribution in [1.82, 2.24) is 4.90 Å². The lowest BCUT2D eigenvalue weighted by Gasteiger charge is -2.25. The molecule has 1 aromatic carbocycles. The number of thioether (sulfide) groups is 1. The van der Waals surface area contributed by atoms with Crippen molar-refractivity contribution in [2.45, 2.75) is 6.54 Å². The van der Waals surface area contributed by atoms with Crippen LogP contribution in [0.3, 0.4) is 0 Å². The molecule has 1 aliphatic rings. The van der Waals surface area contributed by atoms with E-state index < -0.39 is 4.92 Å². The third-order valence-electron chi connectivity index (χ3n) is 2.35. The van der Waals surface area contributed by atoms with Crippen molar-refractivity contribution < 1.29 is 4.92 Å². The van der Waals surface area contributed by atoms with Crippen molar-refractivity contribution in [3.05, 3.63) is 68.7 Å². The summed E-state index contributed by atoms with van der Waals surface area (Å²) in [5, 5.41) is 13.1. The van der Waals surface area contributed by atoms with Crippen LogP contribution in [0.5, 0.6) is 0 Å². The third-order valence-corrected chi connectivity index (χ3v) is 3.29. The zero-order valence-corrected chi connectivity index (χ0v) is 9.97. The largest absolute Gasteiger partial charge is 0.353 e. The van der Waals surface area contributed by atoms with Crippen molar-refractivity contribution in [1.29, 1.82) is 0 Å². The number of hydrogen-bond acceptors (Lipinski definition) is 4. The lowest BCUT2D eigenvalue weighted by molar-refractivity contribution is -0.403. The SMILES string of the molecule is O=[N+]([O-])C=C1SC=CCN1Cc1ccccc1. The topological polar surface area (TPSA) is 46.4 Å². The molecule has 0 amide bonds. The number of nitrogens with zero attached hydrogens (tertiary/aromatic N) is 2. The molecule has 0 atom stereocenters. The Morgan fingerprint density at radius 2 is 2.18 bits per heavy atom. The molecule has 1 aromatic rings. The highest BCUT2D eigenvalue weighted by Gasteiger charge is 2.15. The molecule has 88 valence electrons. The Kier molecular flexibility index (Phi) is 3.82. The van der Waals surface area contributed by atoms with Crippen molar-refractivity contribution in [3.8, 4) is 0 Å². The zero-order valence-electron chi connectivity index (χ0n) is 9.15. The molecule has 0 radical (unpaired) electrons. The van der Waals surface area contributed by atoms with Gasteiger partial charge >= 0.3 is 0 Å². The predicted molar refractivity (Wildman–Crippen MR) is 68.7 cm³/mol. The van der Waals surface area contributed by atoms with Crippen LogP contribution in [0.15, 0.2) is 53.0 Å². The fraction of sp³-hybridized carbons (Fsp3) is 0.167. The van der Waals surface area contributed by atoms with E-state index in [4.69, 9.17) is 0 Å². The van der Waals surface area contributed by atoms with Crippen molar-refractivity contribution in [2.75, 3.05) is 6.54 Å². The van der Waals surface area contributed by atoms with E-state index in [1.54, 1.807) is 0 Å². The van der Waals surface area contributed by atoms with Gasteiger partial charge in [-0.05, 0) is 11.0 Å². The van der Waals surface area contributed by atoms with Crippen LogP contribution in [0.2, 0.25) is 0 Å². The molecular formula is C12H12N2O2S. The first kappa shape index (κ1) is 11.7. The Balaban J connectivity index is 2.13. The number of nitro groups is 1. The highest BCUT2D eigenvalue weighted by Crippen LogP contribution is 2.27. The molecule has 1 heterocycles. The summed E-state index contributed by atoms with van der Waals surface area (Å²) in [6.07, 6.45) is 3.07. The van der Waals surface area contributed by atoms with Gasteiger partial charge in [0.25, 0.3) is 6.20 Å². The first-order valence-electron chi connectivity index (χ1n) is 5.21. The highest BCUT2D eigenvalue weighted by atomic mass is 32.2. The van der Waals surface area contributed by atoms with E-state index in [2.05, 4.69) is 0 Å². The molecule has 4 nitrogen and oxygen atoms in total. The fourth-order valence-corrected chi connectivity index (χ4v) is 2.36. The summed E-state index contributed by atoms with van der Waals surface area (Å²) in [7, 11) is 0. The maximum atomic E-state index is 10.5. The second kappa shape index (κ2) is 5.54. The smallest absolute Gasteiger partial charge is 0.264 e. The molecule has 0 bridgehead atoms. The minimum absolute atomic E-state index is 0.403. The van der Waals surface area contributed by atoms with Gasteiger partial charge in [-0.1, -0.05) is 48.2 Å². The Labute approximate surface area is 104 Å². The van der Waals surface area contributed by atoms with E-state index in [9.17, 15) is 10.1 Å². The molecule has 0 aliphatic carbocycles. The molecular weight excluding hydrogens is 236 g/mol. The number of benzene rings is 1. The van der Waals surface area contributed by atoms with E-state index in [-0.39, 0.29) is 0 Å². The molecule has 0 saturated heterocycles. The van der Waals surface area contributed by atoms with Crippen molar-refractivity contribution >= 4 is 11.8 Å². The molecule has 0 N–H and O–H groups in total. The van der Waals surface area contributed by atoms with Crippen molar-refractivity contribution in [2.24, 2.45) is 0 Å². The van der Waals surface area contributed by atoms with E-state index >= 15 is 0 Å². The number of rotatable bonds is 3. The average molecular weight is 248 g/mol. The van der Waals surface area contributed by atoms with Crippen molar-refractivity contribution in [3.63, 3.8) is 0 Å². The Hall–Kier alpha value is -1.75. The molecule has 0 fully saturated rings. The lowest BCUT2D eigenvalue weighted by atomic mass is 10.2. The average Bonchev–Trinajstić information content (AvgIpc) is 2.32. The van der Waals surface area contributed by atoms with E-state index in [0.29, 0.717) is 18.1 Å². The molecule has 0 aromatic heterocycles. The number of hydrogen-bond donors (Lipinski definition) is 0. The van der Waals surface area contributed by atoms with Crippen LogP contribution in [0.4, 0.5) is 0 Å². The lowest BCUT2D eigenvalue weighted by Crippen LogP contribution is -2.23. The molecule has 0 unspecified atom stereocenters. The summed E-state index contributed by atoms with van der Waals surface area (Å²) < 4.78 is 0. The second-order valence-electron chi connectivity index (χ2n) is 3.61. The van der Waals surface area contributed by atoms with Crippen LogP contribution in [0, 0.1) is 10.1 Å². The first-order chi connectivity index (χ1) is 8.25. The molecule has 1 aliphatic heterocycles. The van der Waals surface area contributed by atoms with Gasteiger partial charge in [0.1, 0.15) is 5.03 Å². The Morgan fingerprint density at radius 1 is 1.41 bits per heavy atom. The maximum Gasteiger partial charge on any atom is 0.264 e. The van der Waals surface area contributed by atoms with Gasteiger partial charge in [0.2, 0.25) is 0 Å². The third kappa shape index (κ3) is 3.35. The summed E-state index contributed by atoms with van der Waals surface area (Å²) in [6.45, 7) is 1.40. The molecule has 0 saturated carbocycles. The fourth-order valence-electron chi connectivity index (χ4n) is 1.60. The highest BCUT2D eigenvalue weighted by molar-refractivity contribution is 8.05. The molecule has 17 heavy (non-hydrogen) atoms. The van der Waals surface area contributed by atoms with Crippen LogP contribution in [-0.4, -0.2) is 16.4 Å². The van der Waals surface area contributed by atoms with Gasteiger partial charge in [-0.15, -0.1) is 0 Å². The first-order valence-corrected chi connectivity index (χ1v) is 6.09. The van der Waals surface area contributed by atoms with E-state index in [0.717, 1.165) is 11.8 Å². The van der Waals surface area contributed by atoms with E-state index in [1.165, 1.54) is 11.8 Å². The summed E-state index contributed by atoms with van der Waals surface area (Å²) in [4.78, 5) is 12.1. The van der Waals surface area contributed by atoms with Crippen LogP contribution in [-0.2, 0) is 6.54 Å². The Bertz CT molecular complexity index is 457. The summed E-state index contributed by atoms with van der Waals surface area (Å²) in [5.74, 6) is 0. The zero-order chi connectivity index (χ0) is 12.1. The molecule has 0 spiro atoms. The van der Waals surface area contributed by atoms with Gasteiger partial charge in [-0.3, -0.25) is 10.1 Å². The summed E-state index contributed by atoms with van der Waals surface area (Å²) in [5.41, 5.74) is 1.15. The van der Waals surface area contributed by atoms with Crippen LogP contribution in [0.1, 0.15) is 5.56 Å². The van der Waals surface area contributed by atoms with Crippen LogP contribution < -0.4 is 0 Å². The maximum absolute atomic E-state index is 10.5. The molecule has 2 rings (SSSR count). The summed E-state index contributed by atoms with van der Waals surface area (Å²) in [6, 6.07) is 9.94. The standard InChI is InChI=1S/C12H12N2O2S/c15-14(16)10-12-13(7-4-8-17-12)9-11-5-2-1-3-6-11/h1-6,8,10H,7,9H2. The van der Waals surface area contributed by atoms with Crippen LogP contribution >= 0.6 is 11.8 Å². The van der Waals surface area contributed by atoms with Gasteiger partial charge in [-0.25, -0.2) is 0 Å². The van der Waals surface area contributed by atoms with Crippen LogP contribution in [0.25, 0.3) is 0 Å². The van der Waals surface area contributed by atoms with Gasteiger partial charge in [0.15, 0.2) is 0 Å². The van der Waals surface area contributed by atoms with Gasteiger partial charge in [-0.2, -0.15) is 0 Å². The second-order valence-corrected chi connectivity index (χ2v) is 4.53. The Morgan fingerprint density at radius 3 is 2.88 bits per heavy atom. The summed E-state index contributed by atoms with van der Waals surface area (Å²) >= 11 is 1.38. The minimum Gasteiger partial charge on any atom is -0.353 e. The quantitative estimate of drug-likeness (QED) is 0.609. The van der Waals surface area contributed by atoms with Gasteiger partial charge in [0.05, 0.1) is 4.92 Å². The monoisotopic (exact) mass is 248 g/mol. The minimum atomic E-state index is -0.403. The van der Waals surface area contributed by atoms with Gasteiger partial charge < -0.3 is 4.90 Å². The normalized spacial score (nSPS) is 17.4. The molecule has 5 heteroatoms. The van der Waals surface area contributed by atoms with E-state index in [1.807, 2.05) is 46.7 Å². The van der Waals surface area contributed by atoms with Gasteiger partial charge in [0, 0.05) is 13.1 Å². The predicted octanol–water partition coefficient (Wildman–Crippen LogP) is 2.82.